The van der Waals surface area contributed by atoms with E-state index in [1.165, 1.54) is 0 Å². The van der Waals surface area contributed by atoms with E-state index in [0.717, 1.165) is 11.1 Å². The summed E-state index contributed by atoms with van der Waals surface area (Å²) in [4.78, 5) is 8.00. The van der Waals surface area contributed by atoms with Gasteiger partial charge in [0, 0.05) is 17.4 Å². The average molecular weight is 235 g/mol. The smallest absolute Gasteiger partial charge is 0.123 e. The van der Waals surface area contributed by atoms with E-state index in [9.17, 15) is 5.11 Å². The molecule has 1 aromatic heterocycles. The maximum atomic E-state index is 10.1. The van der Waals surface area contributed by atoms with Gasteiger partial charge in [0.1, 0.15) is 6.10 Å². The molecule has 0 saturated carbocycles. The quantitative estimate of drug-likeness (QED) is 0.869. The van der Waals surface area contributed by atoms with Gasteiger partial charge < -0.3 is 5.11 Å². The minimum Gasteiger partial charge on any atom is -0.382 e. The summed E-state index contributed by atoms with van der Waals surface area (Å²) in [6.45, 7) is 1.87. The van der Waals surface area contributed by atoms with Crippen LogP contribution in [0.15, 0.2) is 36.8 Å². The van der Waals surface area contributed by atoms with Crippen LogP contribution in [-0.2, 0) is 0 Å². The first-order valence-corrected chi connectivity index (χ1v) is 5.27. The highest BCUT2D eigenvalue weighted by Gasteiger charge is 2.15. The molecular formula is C12H11ClN2O. The lowest BCUT2D eigenvalue weighted by Crippen LogP contribution is -2.04. The van der Waals surface area contributed by atoms with E-state index in [1.54, 1.807) is 24.7 Å². The Morgan fingerprint density at radius 2 is 2.12 bits per heavy atom. The lowest BCUT2D eigenvalue weighted by Gasteiger charge is -2.13. The molecule has 82 valence electrons. The molecule has 2 aromatic rings. The minimum atomic E-state index is -0.785. The highest BCUT2D eigenvalue weighted by molar-refractivity contribution is 6.31. The molecule has 16 heavy (non-hydrogen) atoms. The lowest BCUT2D eigenvalue weighted by molar-refractivity contribution is 0.214. The van der Waals surface area contributed by atoms with Crippen LogP contribution in [-0.4, -0.2) is 15.1 Å². The fourth-order valence-electron chi connectivity index (χ4n) is 1.53. The second-order valence-electron chi connectivity index (χ2n) is 3.49. The fourth-order valence-corrected chi connectivity index (χ4v) is 1.71. The molecule has 1 heterocycles. The Morgan fingerprint density at radius 3 is 2.81 bits per heavy atom. The molecule has 1 atom stereocenters. The summed E-state index contributed by atoms with van der Waals surface area (Å²) < 4.78 is 0. The largest absolute Gasteiger partial charge is 0.382 e. The first-order chi connectivity index (χ1) is 7.70. The van der Waals surface area contributed by atoms with Crippen LogP contribution in [0.4, 0.5) is 0 Å². The van der Waals surface area contributed by atoms with Crippen molar-refractivity contribution >= 4 is 11.6 Å². The van der Waals surface area contributed by atoms with E-state index in [2.05, 4.69) is 9.97 Å². The van der Waals surface area contributed by atoms with E-state index < -0.39 is 6.10 Å². The summed E-state index contributed by atoms with van der Waals surface area (Å²) in [6.07, 6.45) is 3.89. The van der Waals surface area contributed by atoms with Crippen LogP contribution in [0.2, 0.25) is 5.02 Å². The van der Waals surface area contributed by atoms with Crippen molar-refractivity contribution in [1.82, 2.24) is 9.97 Å². The van der Waals surface area contributed by atoms with Gasteiger partial charge in [-0.15, -0.1) is 0 Å². The van der Waals surface area contributed by atoms with Gasteiger partial charge in [-0.05, 0) is 24.1 Å². The zero-order valence-corrected chi connectivity index (χ0v) is 9.52. The first kappa shape index (κ1) is 11.0. The highest BCUT2D eigenvalue weighted by Crippen LogP contribution is 2.27. The summed E-state index contributed by atoms with van der Waals surface area (Å²) in [7, 11) is 0. The topological polar surface area (TPSA) is 46.0 Å². The SMILES string of the molecule is Cc1c(Cl)cccc1C(O)c1cnccn1. The van der Waals surface area contributed by atoms with Gasteiger partial charge in [0.25, 0.3) is 0 Å². The molecule has 0 radical (unpaired) electrons. The summed E-state index contributed by atoms with van der Waals surface area (Å²) >= 11 is 6.00. The Balaban J connectivity index is 2.42. The predicted octanol–water partition coefficient (Wildman–Crippen LogP) is 2.52. The van der Waals surface area contributed by atoms with Crippen molar-refractivity contribution in [3.05, 3.63) is 58.6 Å². The molecular weight excluding hydrogens is 224 g/mol. The average Bonchev–Trinajstić information content (AvgIpc) is 2.33. The number of benzene rings is 1. The van der Waals surface area contributed by atoms with Crippen molar-refractivity contribution in [1.29, 1.82) is 0 Å². The molecule has 0 saturated heterocycles. The minimum absolute atomic E-state index is 0.521. The molecule has 3 nitrogen and oxygen atoms in total. The number of aromatic nitrogens is 2. The summed E-state index contributed by atoms with van der Waals surface area (Å²) in [5, 5.41) is 10.8. The molecule has 0 bridgehead atoms. The predicted molar refractivity (Wildman–Crippen MR) is 62.3 cm³/mol. The number of aliphatic hydroxyl groups is 1. The van der Waals surface area contributed by atoms with Crippen LogP contribution < -0.4 is 0 Å². The van der Waals surface area contributed by atoms with E-state index in [-0.39, 0.29) is 0 Å². The Labute approximate surface area is 98.8 Å². The number of hydrogen-bond donors (Lipinski definition) is 1. The van der Waals surface area contributed by atoms with Crippen molar-refractivity contribution in [3.8, 4) is 0 Å². The number of halogens is 1. The molecule has 0 spiro atoms. The van der Waals surface area contributed by atoms with Gasteiger partial charge in [-0.25, -0.2) is 0 Å². The van der Waals surface area contributed by atoms with E-state index in [0.29, 0.717) is 10.7 Å². The number of hydrogen-bond acceptors (Lipinski definition) is 3. The maximum Gasteiger partial charge on any atom is 0.123 e. The van der Waals surface area contributed by atoms with Crippen LogP contribution in [0.25, 0.3) is 0 Å². The van der Waals surface area contributed by atoms with Crippen LogP contribution in [0.5, 0.6) is 0 Å². The van der Waals surface area contributed by atoms with Crippen molar-refractivity contribution < 1.29 is 5.11 Å². The van der Waals surface area contributed by atoms with E-state index >= 15 is 0 Å². The molecule has 0 fully saturated rings. The maximum absolute atomic E-state index is 10.1. The Morgan fingerprint density at radius 1 is 1.31 bits per heavy atom. The molecule has 2 rings (SSSR count). The fraction of sp³-hybridized carbons (Fsp3) is 0.167. The van der Waals surface area contributed by atoms with Gasteiger partial charge in [-0.2, -0.15) is 0 Å². The second kappa shape index (κ2) is 4.60. The molecule has 0 aliphatic carbocycles. The molecule has 0 aliphatic rings. The van der Waals surface area contributed by atoms with Crippen molar-refractivity contribution in [3.63, 3.8) is 0 Å². The van der Waals surface area contributed by atoms with Crippen molar-refractivity contribution in [2.24, 2.45) is 0 Å². The lowest BCUT2D eigenvalue weighted by atomic mass is 10.0. The zero-order chi connectivity index (χ0) is 11.5. The molecule has 1 unspecified atom stereocenters. The van der Waals surface area contributed by atoms with Gasteiger partial charge in [0.05, 0.1) is 11.9 Å². The molecule has 1 N–H and O–H groups in total. The van der Waals surface area contributed by atoms with Crippen LogP contribution in [0, 0.1) is 6.92 Å². The summed E-state index contributed by atoms with van der Waals surface area (Å²) in [6, 6.07) is 5.44. The third-order valence-electron chi connectivity index (χ3n) is 2.47. The molecule has 1 aromatic carbocycles. The third kappa shape index (κ3) is 2.05. The number of aliphatic hydroxyl groups excluding tert-OH is 1. The first-order valence-electron chi connectivity index (χ1n) is 4.89. The normalized spacial score (nSPS) is 12.4. The molecule has 0 aliphatic heterocycles. The van der Waals surface area contributed by atoms with Gasteiger partial charge in [-0.1, -0.05) is 23.7 Å². The van der Waals surface area contributed by atoms with Crippen LogP contribution >= 0.6 is 11.6 Å². The van der Waals surface area contributed by atoms with Crippen molar-refractivity contribution in [2.45, 2.75) is 13.0 Å². The van der Waals surface area contributed by atoms with Gasteiger partial charge in [0.15, 0.2) is 0 Å². The van der Waals surface area contributed by atoms with Gasteiger partial charge >= 0.3 is 0 Å². The molecule has 0 amide bonds. The Bertz CT molecular complexity index is 488. The van der Waals surface area contributed by atoms with Crippen molar-refractivity contribution in [2.75, 3.05) is 0 Å². The highest BCUT2D eigenvalue weighted by atomic mass is 35.5. The Hall–Kier alpha value is -1.45. The van der Waals surface area contributed by atoms with Gasteiger partial charge in [-0.3, -0.25) is 9.97 Å². The van der Waals surface area contributed by atoms with Gasteiger partial charge in [0.2, 0.25) is 0 Å². The monoisotopic (exact) mass is 234 g/mol. The van der Waals surface area contributed by atoms with E-state index in [1.807, 2.05) is 19.1 Å². The number of rotatable bonds is 2. The zero-order valence-electron chi connectivity index (χ0n) is 8.76. The summed E-state index contributed by atoms with van der Waals surface area (Å²) in [5.74, 6) is 0. The number of nitrogens with zero attached hydrogens (tertiary/aromatic N) is 2. The summed E-state index contributed by atoms with van der Waals surface area (Å²) in [5.41, 5.74) is 2.14. The Kier molecular flexibility index (Phi) is 3.17. The van der Waals surface area contributed by atoms with E-state index in [4.69, 9.17) is 11.6 Å². The standard InChI is InChI=1S/C12H11ClN2O/c1-8-9(3-2-4-10(8)13)12(16)11-7-14-5-6-15-11/h2-7,12,16H,1H3. The second-order valence-corrected chi connectivity index (χ2v) is 3.89. The molecule has 4 heteroatoms. The third-order valence-corrected chi connectivity index (χ3v) is 2.88. The van der Waals surface area contributed by atoms with Crippen LogP contribution in [0.3, 0.4) is 0 Å². The van der Waals surface area contributed by atoms with Crippen LogP contribution in [0.1, 0.15) is 22.9 Å².